The molecule has 8 nitrogen and oxygen atoms in total. The molecule has 0 aromatic carbocycles. The highest BCUT2D eigenvalue weighted by Gasteiger charge is 2.15. The van der Waals surface area contributed by atoms with Crippen LogP contribution >= 0.6 is 0 Å². The van der Waals surface area contributed by atoms with Gasteiger partial charge in [-0.15, -0.1) is 0 Å². The van der Waals surface area contributed by atoms with Gasteiger partial charge in [-0.1, -0.05) is 0 Å². The highest BCUT2D eigenvalue weighted by atomic mass is 16.6. The summed E-state index contributed by atoms with van der Waals surface area (Å²) >= 11 is 0. The largest absolute Gasteiger partial charge is 0.477 e. The minimum atomic E-state index is -1.05. The molecule has 8 heteroatoms. The molecule has 0 saturated carbocycles. The van der Waals surface area contributed by atoms with Gasteiger partial charge in [-0.3, -0.25) is 4.68 Å². The number of amides is 1. The monoisotopic (exact) mass is 346 g/mol. The highest BCUT2D eigenvalue weighted by Crippen LogP contribution is 2.20. The Morgan fingerprint density at radius 1 is 1.28 bits per heavy atom. The number of pyridine rings is 1. The van der Waals surface area contributed by atoms with Gasteiger partial charge in [0.2, 0.25) is 0 Å². The number of nitrogens with one attached hydrogen (secondary N) is 1. The van der Waals surface area contributed by atoms with E-state index < -0.39 is 17.7 Å². The molecule has 2 heterocycles. The summed E-state index contributed by atoms with van der Waals surface area (Å²) in [7, 11) is 0. The first-order valence-electron chi connectivity index (χ1n) is 7.85. The lowest BCUT2D eigenvalue weighted by Gasteiger charge is -2.19. The standard InChI is InChI=1S/C17H22N4O4/c1-11-7-12(8-19-14(11)15(22)23)13-9-20-21(10-13)6-5-18-16(24)25-17(2,3)4/h7-10H,5-6H2,1-4H3,(H,18,24)(H,22,23). The van der Waals surface area contributed by atoms with E-state index in [1.165, 1.54) is 6.20 Å². The molecule has 0 radical (unpaired) electrons. The van der Waals surface area contributed by atoms with Gasteiger partial charge in [-0.25, -0.2) is 14.6 Å². The molecule has 134 valence electrons. The van der Waals surface area contributed by atoms with Crippen LogP contribution in [0.5, 0.6) is 0 Å². The molecule has 0 saturated heterocycles. The van der Waals surface area contributed by atoms with Crippen LogP contribution in [0.15, 0.2) is 24.7 Å². The average Bonchev–Trinajstić information content (AvgIpc) is 2.93. The Morgan fingerprint density at radius 2 is 2.00 bits per heavy atom. The summed E-state index contributed by atoms with van der Waals surface area (Å²) in [5, 5.41) is 15.9. The van der Waals surface area contributed by atoms with Gasteiger partial charge < -0.3 is 15.2 Å². The molecule has 0 aliphatic rings. The first-order valence-corrected chi connectivity index (χ1v) is 7.85. The van der Waals surface area contributed by atoms with Gasteiger partial charge in [-0.2, -0.15) is 5.10 Å². The van der Waals surface area contributed by atoms with Crippen LogP contribution in [0.4, 0.5) is 4.79 Å². The predicted octanol–water partition coefficient (Wildman–Crippen LogP) is 2.48. The zero-order valence-corrected chi connectivity index (χ0v) is 14.7. The third kappa shape index (κ3) is 5.30. The maximum absolute atomic E-state index is 11.6. The number of carboxylic acids is 1. The molecule has 0 unspecified atom stereocenters. The second kappa shape index (κ2) is 7.33. The number of carboxylic acid groups (broad SMARTS) is 1. The highest BCUT2D eigenvalue weighted by molar-refractivity contribution is 5.87. The fourth-order valence-electron chi connectivity index (χ4n) is 2.18. The van der Waals surface area contributed by atoms with Crippen molar-refractivity contribution in [2.24, 2.45) is 0 Å². The number of nitrogens with zero attached hydrogens (tertiary/aromatic N) is 3. The third-order valence-corrected chi connectivity index (χ3v) is 3.26. The van der Waals surface area contributed by atoms with Crippen LogP contribution in [0.2, 0.25) is 0 Å². The van der Waals surface area contributed by atoms with Gasteiger partial charge in [0.15, 0.2) is 5.69 Å². The fourth-order valence-corrected chi connectivity index (χ4v) is 2.18. The van der Waals surface area contributed by atoms with Gasteiger partial charge in [0.05, 0.1) is 12.7 Å². The normalized spacial score (nSPS) is 11.2. The summed E-state index contributed by atoms with van der Waals surface area (Å²) in [6, 6.07) is 1.76. The van der Waals surface area contributed by atoms with Crippen molar-refractivity contribution in [2.45, 2.75) is 39.8 Å². The van der Waals surface area contributed by atoms with Crippen molar-refractivity contribution in [3.05, 3.63) is 35.9 Å². The zero-order valence-electron chi connectivity index (χ0n) is 14.7. The van der Waals surface area contributed by atoms with Gasteiger partial charge in [0, 0.05) is 30.1 Å². The van der Waals surface area contributed by atoms with E-state index in [2.05, 4.69) is 15.4 Å². The maximum atomic E-state index is 11.6. The number of alkyl carbamates (subject to hydrolysis) is 1. The van der Waals surface area contributed by atoms with Crippen LogP contribution < -0.4 is 5.32 Å². The molecule has 2 rings (SSSR count). The zero-order chi connectivity index (χ0) is 18.6. The van der Waals surface area contributed by atoms with E-state index in [0.29, 0.717) is 18.7 Å². The number of aryl methyl sites for hydroxylation is 1. The topological polar surface area (TPSA) is 106 Å². The molecule has 0 fully saturated rings. The van der Waals surface area contributed by atoms with Crippen LogP contribution in [-0.2, 0) is 11.3 Å². The second-order valence-corrected chi connectivity index (χ2v) is 6.62. The first-order chi connectivity index (χ1) is 11.7. The summed E-state index contributed by atoms with van der Waals surface area (Å²) < 4.78 is 6.85. The number of aromatic nitrogens is 3. The lowest BCUT2D eigenvalue weighted by molar-refractivity contribution is 0.0525. The second-order valence-electron chi connectivity index (χ2n) is 6.62. The molecule has 0 aliphatic carbocycles. The average molecular weight is 346 g/mol. The molecule has 2 N–H and O–H groups in total. The third-order valence-electron chi connectivity index (χ3n) is 3.26. The van der Waals surface area contributed by atoms with Gasteiger partial charge in [0.25, 0.3) is 0 Å². The minimum absolute atomic E-state index is 0.0395. The van der Waals surface area contributed by atoms with Crippen LogP contribution in [0, 0.1) is 6.92 Å². The van der Waals surface area contributed by atoms with Crippen molar-refractivity contribution in [1.82, 2.24) is 20.1 Å². The molecule has 2 aromatic heterocycles. The molecule has 2 aromatic rings. The molecule has 0 atom stereocenters. The Morgan fingerprint density at radius 3 is 2.60 bits per heavy atom. The van der Waals surface area contributed by atoms with E-state index in [1.807, 2.05) is 6.20 Å². The Labute approximate surface area is 145 Å². The Hall–Kier alpha value is -2.90. The van der Waals surface area contributed by atoms with E-state index in [0.717, 1.165) is 11.1 Å². The van der Waals surface area contributed by atoms with Crippen LogP contribution in [0.25, 0.3) is 11.1 Å². The number of hydrogen-bond donors (Lipinski definition) is 2. The van der Waals surface area contributed by atoms with Crippen molar-refractivity contribution in [3.63, 3.8) is 0 Å². The molecule has 0 bridgehead atoms. The Kier molecular flexibility index (Phi) is 5.41. The number of aromatic carboxylic acids is 1. The summed E-state index contributed by atoms with van der Waals surface area (Å²) in [5.41, 5.74) is 1.70. The van der Waals surface area contributed by atoms with Crippen molar-refractivity contribution < 1.29 is 19.4 Å². The quantitative estimate of drug-likeness (QED) is 0.861. The molecule has 25 heavy (non-hydrogen) atoms. The van der Waals surface area contributed by atoms with E-state index >= 15 is 0 Å². The smallest absolute Gasteiger partial charge is 0.407 e. The van der Waals surface area contributed by atoms with Crippen LogP contribution in [0.3, 0.4) is 0 Å². The van der Waals surface area contributed by atoms with Crippen molar-refractivity contribution in [2.75, 3.05) is 6.54 Å². The van der Waals surface area contributed by atoms with Gasteiger partial charge in [-0.05, 0) is 39.3 Å². The molecule has 0 spiro atoms. The Balaban J connectivity index is 1.95. The van der Waals surface area contributed by atoms with Crippen molar-refractivity contribution >= 4 is 12.1 Å². The summed E-state index contributed by atoms with van der Waals surface area (Å²) in [5.74, 6) is -1.05. The van der Waals surface area contributed by atoms with Gasteiger partial charge in [0.1, 0.15) is 5.60 Å². The van der Waals surface area contributed by atoms with Crippen LogP contribution in [-0.4, -0.2) is 44.1 Å². The molecular weight excluding hydrogens is 324 g/mol. The number of hydrogen-bond acceptors (Lipinski definition) is 5. The van der Waals surface area contributed by atoms with Crippen LogP contribution in [0.1, 0.15) is 36.8 Å². The van der Waals surface area contributed by atoms with E-state index in [4.69, 9.17) is 9.84 Å². The minimum Gasteiger partial charge on any atom is -0.477 e. The predicted molar refractivity (Wildman–Crippen MR) is 91.4 cm³/mol. The van der Waals surface area contributed by atoms with Crippen molar-refractivity contribution in [3.8, 4) is 11.1 Å². The molecule has 0 aliphatic heterocycles. The van der Waals surface area contributed by atoms with Gasteiger partial charge >= 0.3 is 12.1 Å². The SMILES string of the molecule is Cc1cc(-c2cnn(CCNC(=O)OC(C)(C)C)c2)cnc1C(=O)O. The van der Waals surface area contributed by atoms with E-state index in [1.54, 1.807) is 44.6 Å². The lowest BCUT2D eigenvalue weighted by atomic mass is 10.1. The summed E-state index contributed by atoms with van der Waals surface area (Å²) in [4.78, 5) is 26.6. The maximum Gasteiger partial charge on any atom is 0.407 e. The number of ether oxygens (including phenoxy) is 1. The van der Waals surface area contributed by atoms with E-state index in [-0.39, 0.29) is 5.69 Å². The number of rotatable bonds is 5. The Bertz CT molecular complexity index is 777. The first kappa shape index (κ1) is 18.4. The van der Waals surface area contributed by atoms with Crippen molar-refractivity contribution in [1.29, 1.82) is 0 Å². The molecular formula is C17H22N4O4. The summed E-state index contributed by atoms with van der Waals surface area (Å²) in [6.07, 6.45) is 4.53. The lowest BCUT2D eigenvalue weighted by Crippen LogP contribution is -2.34. The fraction of sp³-hybridized carbons (Fsp3) is 0.412. The number of carbonyl (C=O) groups excluding carboxylic acids is 1. The molecule has 1 amide bonds. The number of carbonyl (C=O) groups is 2. The van der Waals surface area contributed by atoms with E-state index in [9.17, 15) is 9.59 Å². The summed E-state index contributed by atoms with van der Waals surface area (Å²) in [6.45, 7) is 7.98.